The van der Waals surface area contributed by atoms with E-state index in [1.54, 1.807) is 0 Å². The van der Waals surface area contributed by atoms with Crippen LogP contribution < -0.4 is 5.56 Å². The number of nitrogens with one attached hydrogen (secondary N) is 2. The Morgan fingerprint density at radius 1 is 0.870 bits per heavy atom. The van der Waals surface area contributed by atoms with Crippen LogP contribution in [0.2, 0.25) is 0 Å². The van der Waals surface area contributed by atoms with Gasteiger partial charge in [-0.25, -0.2) is 23.7 Å². The normalized spacial score (nSPS) is 12.7. The monoisotopic (exact) mass is 394 g/mol. The summed E-state index contributed by atoms with van der Waals surface area (Å²) in [6.07, 6.45) is 2.76. The number of hydrogen-bond donors (Lipinski definition) is 7. The van der Waals surface area contributed by atoms with Crippen LogP contribution in [0.15, 0.2) is 17.4 Å². The summed E-state index contributed by atoms with van der Waals surface area (Å²) in [5.41, 5.74) is 0.675. The number of aromatic nitrogens is 4. The van der Waals surface area contributed by atoms with Crippen LogP contribution in [-0.4, -0.2) is 44.4 Å². The molecule has 0 atom stereocenters. The SMILES string of the molecule is O=P(O)(O)OP(=O)(O)OP(=O)(O)O.O=c1[nH]cnc2nc[nH]c12. The fraction of sp³-hybridized carbons (Fsp3) is 0. The molecule has 0 aliphatic carbocycles. The molecule has 0 radical (unpaired) electrons. The van der Waals surface area contributed by atoms with Gasteiger partial charge in [0.05, 0.1) is 12.7 Å². The van der Waals surface area contributed by atoms with Gasteiger partial charge in [0, 0.05) is 0 Å². The molecule has 130 valence electrons. The zero-order valence-corrected chi connectivity index (χ0v) is 13.3. The molecule has 18 heteroatoms. The molecular formula is C5H9N4O11P3. The second-order valence-electron chi connectivity index (χ2n) is 3.45. The highest BCUT2D eigenvalue weighted by Gasteiger charge is 2.38. The van der Waals surface area contributed by atoms with Gasteiger partial charge in [-0.1, -0.05) is 0 Å². The summed E-state index contributed by atoms with van der Waals surface area (Å²) in [6, 6.07) is 0. The number of hydrogen-bond acceptors (Lipinski definition) is 8. The largest absolute Gasteiger partial charge is 0.490 e. The minimum atomic E-state index is -5.46. The Labute approximate surface area is 125 Å². The van der Waals surface area contributed by atoms with Crippen molar-refractivity contribution in [3.63, 3.8) is 0 Å². The Balaban J connectivity index is 0.000000235. The van der Waals surface area contributed by atoms with E-state index < -0.39 is 23.5 Å². The van der Waals surface area contributed by atoms with E-state index in [1.807, 2.05) is 0 Å². The average Bonchev–Trinajstić information content (AvgIpc) is 2.71. The smallest absolute Gasteiger partial charge is 0.339 e. The van der Waals surface area contributed by atoms with Gasteiger partial charge in [-0.15, -0.1) is 0 Å². The molecule has 0 aliphatic rings. The van der Waals surface area contributed by atoms with E-state index in [0.717, 1.165) is 0 Å². The van der Waals surface area contributed by atoms with E-state index in [2.05, 4.69) is 28.6 Å². The van der Waals surface area contributed by atoms with Crippen LogP contribution in [0.25, 0.3) is 11.2 Å². The lowest BCUT2D eigenvalue weighted by atomic mass is 10.6. The van der Waals surface area contributed by atoms with Crippen molar-refractivity contribution in [2.75, 3.05) is 0 Å². The van der Waals surface area contributed by atoms with Crippen LogP contribution in [0.3, 0.4) is 0 Å². The first kappa shape index (κ1) is 19.8. The molecule has 0 bridgehead atoms. The third-order valence-electron chi connectivity index (χ3n) is 1.65. The third-order valence-corrected chi connectivity index (χ3v) is 5.00. The molecule has 2 heterocycles. The summed E-state index contributed by atoms with van der Waals surface area (Å²) in [5.74, 6) is 0. The van der Waals surface area contributed by atoms with E-state index in [4.69, 9.17) is 24.5 Å². The fourth-order valence-electron chi connectivity index (χ4n) is 1.06. The van der Waals surface area contributed by atoms with Gasteiger partial charge in [0.25, 0.3) is 5.56 Å². The molecule has 0 aromatic carbocycles. The van der Waals surface area contributed by atoms with E-state index >= 15 is 0 Å². The fourth-order valence-corrected chi connectivity index (χ4v) is 3.60. The molecule has 0 aliphatic heterocycles. The van der Waals surface area contributed by atoms with Gasteiger partial charge in [-0.05, 0) is 0 Å². The van der Waals surface area contributed by atoms with Crippen molar-refractivity contribution in [2.24, 2.45) is 0 Å². The summed E-state index contributed by atoms with van der Waals surface area (Å²) in [5, 5.41) is 0. The number of aromatic amines is 2. The Morgan fingerprint density at radius 3 is 1.70 bits per heavy atom. The maximum absolute atomic E-state index is 10.9. The first-order valence-corrected chi connectivity index (χ1v) is 9.58. The molecule has 2 rings (SSSR count). The number of fused-ring (bicyclic) bond motifs is 1. The lowest BCUT2D eigenvalue weighted by Crippen LogP contribution is -2.05. The summed E-state index contributed by atoms with van der Waals surface area (Å²) >= 11 is 0. The van der Waals surface area contributed by atoms with E-state index in [-0.39, 0.29) is 5.56 Å². The molecule has 0 saturated heterocycles. The standard InChI is InChI=1S/C5H4N4O.H5O10P3/c10-5-3-4(7-1-6-3)8-2-9-5;1-11(2,3)9-13(7,8)10-12(4,5)6/h1-2H,(H2,6,7,8,9,10);(H,7,8)(H2,1,2,3)(H2,4,5,6). The zero-order valence-electron chi connectivity index (χ0n) is 10.6. The van der Waals surface area contributed by atoms with Crippen molar-refractivity contribution < 1.29 is 46.8 Å². The molecule has 0 fully saturated rings. The van der Waals surface area contributed by atoms with Gasteiger partial charge in [0.1, 0.15) is 0 Å². The van der Waals surface area contributed by atoms with Gasteiger partial charge < -0.3 is 34.4 Å². The summed E-state index contributed by atoms with van der Waals surface area (Å²) < 4.78 is 36.4. The minimum Gasteiger partial charge on any atom is -0.339 e. The second kappa shape index (κ2) is 7.11. The molecule has 0 unspecified atom stereocenters. The zero-order chi connectivity index (χ0) is 17.9. The summed E-state index contributed by atoms with van der Waals surface area (Å²) in [6.45, 7) is 0. The molecule has 0 amide bonds. The highest BCUT2D eigenvalue weighted by Crippen LogP contribution is 2.64. The van der Waals surface area contributed by atoms with Crippen molar-refractivity contribution >= 4 is 34.6 Å². The predicted molar refractivity (Wildman–Crippen MR) is 70.6 cm³/mol. The Morgan fingerprint density at radius 2 is 1.30 bits per heavy atom. The van der Waals surface area contributed by atoms with Crippen LogP contribution >= 0.6 is 23.5 Å². The lowest BCUT2D eigenvalue weighted by Gasteiger charge is -2.11. The summed E-state index contributed by atoms with van der Waals surface area (Å²) in [4.78, 5) is 63.8. The minimum absolute atomic E-state index is 0.192. The van der Waals surface area contributed by atoms with E-state index in [9.17, 15) is 18.5 Å². The van der Waals surface area contributed by atoms with Gasteiger partial charge in [-0.2, -0.15) is 8.62 Å². The van der Waals surface area contributed by atoms with Crippen LogP contribution in [0.1, 0.15) is 0 Å². The van der Waals surface area contributed by atoms with E-state index in [0.29, 0.717) is 11.2 Å². The predicted octanol–water partition coefficient (Wildman–Crippen LogP) is -1.05. The topological polar surface area (TPSA) is 245 Å². The molecule has 2 aromatic heterocycles. The molecule has 7 N–H and O–H groups in total. The Hall–Kier alpha value is -1.24. The highest BCUT2D eigenvalue weighted by atomic mass is 31.3. The average molecular weight is 394 g/mol. The quantitative estimate of drug-likeness (QED) is 0.306. The molecule has 0 saturated carbocycles. The number of nitrogens with zero attached hydrogens (tertiary/aromatic N) is 2. The first-order chi connectivity index (χ1) is 10.3. The number of phosphoric acid groups is 3. The number of rotatable bonds is 4. The number of H-pyrrole nitrogens is 2. The van der Waals surface area contributed by atoms with Crippen LogP contribution in [0.5, 0.6) is 0 Å². The first-order valence-electron chi connectivity index (χ1n) is 5.02. The van der Waals surface area contributed by atoms with Gasteiger partial charge >= 0.3 is 23.5 Å². The molecule has 15 nitrogen and oxygen atoms in total. The van der Waals surface area contributed by atoms with Gasteiger partial charge in [-0.3, -0.25) is 4.79 Å². The molecular weight excluding hydrogens is 385 g/mol. The van der Waals surface area contributed by atoms with Crippen LogP contribution in [0.4, 0.5) is 0 Å². The number of imidazole rings is 1. The molecule has 23 heavy (non-hydrogen) atoms. The highest BCUT2D eigenvalue weighted by molar-refractivity contribution is 7.66. The summed E-state index contributed by atoms with van der Waals surface area (Å²) in [7, 11) is -16.2. The van der Waals surface area contributed by atoms with Gasteiger partial charge in [0.2, 0.25) is 0 Å². The lowest BCUT2D eigenvalue weighted by molar-refractivity contribution is 0.204. The van der Waals surface area contributed by atoms with Crippen LogP contribution in [-0.2, 0) is 22.3 Å². The maximum atomic E-state index is 10.9. The maximum Gasteiger partial charge on any atom is 0.490 e. The van der Waals surface area contributed by atoms with Crippen molar-refractivity contribution in [3.05, 3.63) is 23.0 Å². The molecule has 2 aromatic rings. The Bertz CT molecular complexity index is 834. The van der Waals surface area contributed by atoms with Crippen molar-refractivity contribution in [1.29, 1.82) is 0 Å². The third kappa shape index (κ3) is 7.72. The van der Waals surface area contributed by atoms with Crippen LogP contribution in [0, 0.1) is 0 Å². The van der Waals surface area contributed by atoms with Crippen molar-refractivity contribution in [1.82, 2.24) is 19.9 Å². The van der Waals surface area contributed by atoms with Gasteiger partial charge in [0.15, 0.2) is 11.2 Å². The van der Waals surface area contributed by atoms with Crippen molar-refractivity contribution in [3.8, 4) is 0 Å². The molecule has 0 spiro atoms. The van der Waals surface area contributed by atoms with Crippen molar-refractivity contribution in [2.45, 2.75) is 0 Å². The second-order valence-corrected chi connectivity index (χ2v) is 7.65. The van der Waals surface area contributed by atoms with E-state index in [1.165, 1.54) is 12.7 Å². The Kier molecular flexibility index (Phi) is 6.12.